The highest BCUT2D eigenvalue weighted by atomic mass is 32.2. The van der Waals surface area contributed by atoms with Gasteiger partial charge in [0.2, 0.25) is 5.91 Å². The van der Waals surface area contributed by atoms with Gasteiger partial charge in [-0.3, -0.25) is 9.78 Å². The van der Waals surface area contributed by atoms with Gasteiger partial charge in [-0.2, -0.15) is 11.8 Å². The van der Waals surface area contributed by atoms with E-state index < -0.39 is 0 Å². The Morgan fingerprint density at radius 2 is 2.29 bits per heavy atom. The number of nitrogens with zero attached hydrogens (tertiary/aromatic N) is 1. The lowest BCUT2D eigenvalue weighted by molar-refractivity contribution is -0.119. The molecule has 1 aromatic heterocycles. The van der Waals surface area contributed by atoms with Crippen LogP contribution in [0.15, 0.2) is 18.3 Å². The minimum atomic E-state index is 0.0258. The highest BCUT2D eigenvalue weighted by Crippen LogP contribution is 2.11. The van der Waals surface area contributed by atoms with E-state index in [9.17, 15) is 4.79 Å². The van der Waals surface area contributed by atoms with Crippen LogP contribution in [0.1, 0.15) is 37.6 Å². The largest absolute Gasteiger partial charge is 0.349 e. The molecule has 1 atom stereocenters. The Labute approximate surface area is 107 Å². The molecule has 1 aromatic rings. The second kappa shape index (κ2) is 7.33. The normalized spacial score (nSPS) is 12.2. The van der Waals surface area contributed by atoms with Crippen LogP contribution in [0.3, 0.4) is 0 Å². The third-order valence-electron chi connectivity index (χ3n) is 2.39. The summed E-state index contributed by atoms with van der Waals surface area (Å²) in [5, 5.41) is 2.97. The molecule has 1 unspecified atom stereocenters. The number of hydrogen-bond acceptors (Lipinski definition) is 3. The Balaban J connectivity index is 2.40. The molecule has 0 saturated heterocycles. The highest BCUT2D eigenvalue weighted by Gasteiger charge is 2.09. The zero-order chi connectivity index (χ0) is 12.7. The average Bonchev–Trinajstić information content (AvgIpc) is 2.30. The number of pyridine rings is 1. The van der Waals surface area contributed by atoms with E-state index in [-0.39, 0.29) is 11.9 Å². The van der Waals surface area contributed by atoms with Gasteiger partial charge in [0.1, 0.15) is 0 Å². The lowest BCUT2D eigenvalue weighted by Crippen LogP contribution is -2.28. The van der Waals surface area contributed by atoms with Gasteiger partial charge in [-0.05, 0) is 37.7 Å². The lowest BCUT2D eigenvalue weighted by Gasteiger charge is -2.13. The van der Waals surface area contributed by atoms with Crippen LogP contribution in [0.2, 0.25) is 0 Å². The van der Waals surface area contributed by atoms with Gasteiger partial charge < -0.3 is 5.32 Å². The summed E-state index contributed by atoms with van der Waals surface area (Å²) < 4.78 is 0. The van der Waals surface area contributed by atoms with E-state index in [0.717, 1.165) is 23.4 Å². The van der Waals surface area contributed by atoms with Crippen LogP contribution < -0.4 is 5.32 Å². The van der Waals surface area contributed by atoms with Crippen molar-refractivity contribution in [2.24, 2.45) is 0 Å². The molecule has 0 aliphatic heterocycles. The molecule has 1 rings (SSSR count). The fourth-order valence-electron chi connectivity index (χ4n) is 1.41. The third kappa shape index (κ3) is 5.22. The topological polar surface area (TPSA) is 42.0 Å². The average molecular weight is 252 g/mol. The predicted octanol–water partition coefficient (Wildman–Crippen LogP) is 2.71. The maximum absolute atomic E-state index is 11.6. The highest BCUT2D eigenvalue weighted by molar-refractivity contribution is 7.99. The van der Waals surface area contributed by atoms with Crippen molar-refractivity contribution in [3.63, 3.8) is 0 Å². The molecular weight excluding hydrogens is 232 g/mol. The first-order valence-electron chi connectivity index (χ1n) is 5.93. The molecule has 94 valence electrons. The smallest absolute Gasteiger partial charge is 0.230 e. The molecule has 0 aliphatic rings. The number of carbonyl (C=O) groups excluding carboxylic acids is 1. The number of rotatable bonds is 6. The first-order chi connectivity index (χ1) is 8.13. The molecule has 3 nitrogen and oxygen atoms in total. The zero-order valence-electron chi connectivity index (χ0n) is 10.7. The van der Waals surface area contributed by atoms with Crippen LogP contribution in [-0.4, -0.2) is 22.4 Å². The molecule has 0 fully saturated rings. The number of aryl methyl sites for hydroxylation is 1. The van der Waals surface area contributed by atoms with Crippen LogP contribution in [0.4, 0.5) is 0 Å². The van der Waals surface area contributed by atoms with Gasteiger partial charge in [-0.1, -0.05) is 13.0 Å². The number of aromatic nitrogens is 1. The molecule has 0 spiro atoms. The number of carbonyl (C=O) groups is 1. The van der Waals surface area contributed by atoms with Gasteiger partial charge in [0.15, 0.2) is 0 Å². The summed E-state index contributed by atoms with van der Waals surface area (Å²) >= 11 is 1.67. The van der Waals surface area contributed by atoms with Crippen LogP contribution in [-0.2, 0) is 4.79 Å². The van der Waals surface area contributed by atoms with Crippen LogP contribution in [0.5, 0.6) is 0 Å². The van der Waals surface area contributed by atoms with Gasteiger partial charge in [0.25, 0.3) is 0 Å². The van der Waals surface area contributed by atoms with Crippen molar-refractivity contribution in [2.45, 2.75) is 33.2 Å². The molecule has 0 saturated carbocycles. The summed E-state index contributed by atoms with van der Waals surface area (Å²) in [5.74, 6) is 1.67. The van der Waals surface area contributed by atoms with E-state index in [1.54, 1.807) is 11.8 Å². The number of hydrogen-bond donors (Lipinski definition) is 1. The van der Waals surface area contributed by atoms with Crippen molar-refractivity contribution in [1.82, 2.24) is 10.3 Å². The van der Waals surface area contributed by atoms with Crippen LogP contribution in [0, 0.1) is 6.92 Å². The van der Waals surface area contributed by atoms with Crippen molar-refractivity contribution >= 4 is 17.7 Å². The molecule has 0 bridgehead atoms. The number of nitrogens with one attached hydrogen (secondary N) is 1. The lowest BCUT2D eigenvalue weighted by atomic mass is 10.1. The summed E-state index contributed by atoms with van der Waals surface area (Å²) in [6, 6.07) is 3.99. The number of thioether (sulfide) groups is 1. The molecule has 1 amide bonds. The molecule has 0 radical (unpaired) electrons. The monoisotopic (exact) mass is 252 g/mol. The van der Waals surface area contributed by atoms with Crippen LogP contribution >= 0.6 is 11.8 Å². The molecule has 1 N–H and O–H groups in total. The van der Waals surface area contributed by atoms with E-state index in [0.29, 0.717) is 5.75 Å². The summed E-state index contributed by atoms with van der Waals surface area (Å²) in [6.45, 7) is 6.05. The Bertz CT molecular complexity index is 351. The van der Waals surface area contributed by atoms with E-state index >= 15 is 0 Å². The minimum absolute atomic E-state index is 0.0258. The van der Waals surface area contributed by atoms with Crippen molar-refractivity contribution in [3.05, 3.63) is 29.6 Å². The second-order valence-electron chi connectivity index (χ2n) is 4.07. The van der Waals surface area contributed by atoms with E-state index in [2.05, 4.69) is 17.2 Å². The van der Waals surface area contributed by atoms with Gasteiger partial charge in [-0.15, -0.1) is 0 Å². The van der Waals surface area contributed by atoms with Crippen molar-refractivity contribution in [3.8, 4) is 0 Å². The van der Waals surface area contributed by atoms with Gasteiger partial charge in [-0.25, -0.2) is 0 Å². The minimum Gasteiger partial charge on any atom is -0.349 e. The maximum Gasteiger partial charge on any atom is 0.230 e. The Morgan fingerprint density at radius 1 is 1.53 bits per heavy atom. The molecule has 17 heavy (non-hydrogen) atoms. The second-order valence-corrected chi connectivity index (χ2v) is 5.18. The quantitative estimate of drug-likeness (QED) is 0.792. The molecule has 1 heterocycles. The van der Waals surface area contributed by atoms with Crippen molar-refractivity contribution < 1.29 is 4.79 Å². The molecule has 0 aromatic carbocycles. The SMILES string of the molecule is CCCSCC(=O)NC(C)c1ccc(C)nc1. The third-order valence-corrected chi connectivity index (χ3v) is 3.56. The summed E-state index contributed by atoms with van der Waals surface area (Å²) in [5.41, 5.74) is 2.04. The van der Waals surface area contributed by atoms with E-state index in [4.69, 9.17) is 0 Å². The Morgan fingerprint density at radius 3 is 2.88 bits per heavy atom. The standard InChI is InChI=1S/C13H20N2OS/c1-4-7-17-9-13(16)15-11(3)12-6-5-10(2)14-8-12/h5-6,8,11H,4,7,9H2,1-3H3,(H,15,16). The molecular formula is C13H20N2OS. The summed E-state index contributed by atoms with van der Waals surface area (Å²) in [7, 11) is 0. The molecule has 4 heteroatoms. The van der Waals surface area contributed by atoms with E-state index in [1.807, 2.05) is 32.2 Å². The summed E-state index contributed by atoms with van der Waals surface area (Å²) in [6.07, 6.45) is 2.93. The first-order valence-corrected chi connectivity index (χ1v) is 7.08. The fraction of sp³-hybridized carbons (Fsp3) is 0.538. The predicted molar refractivity (Wildman–Crippen MR) is 73.1 cm³/mol. The van der Waals surface area contributed by atoms with Gasteiger partial charge >= 0.3 is 0 Å². The molecule has 0 aliphatic carbocycles. The van der Waals surface area contributed by atoms with Crippen molar-refractivity contribution in [1.29, 1.82) is 0 Å². The fourth-order valence-corrected chi connectivity index (χ4v) is 2.11. The van der Waals surface area contributed by atoms with Gasteiger partial charge in [0, 0.05) is 11.9 Å². The maximum atomic E-state index is 11.6. The van der Waals surface area contributed by atoms with E-state index in [1.165, 1.54) is 0 Å². The first kappa shape index (κ1) is 14.0. The van der Waals surface area contributed by atoms with Crippen molar-refractivity contribution in [2.75, 3.05) is 11.5 Å². The Hall–Kier alpha value is -1.03. The Kier molecular flexibility index (Phi) is 6.05. The summed E-state index contributed by atoms with van der Waals surface area (Å²) in [4.78, 5) is 15.8. The van der Waals surface area contributed by atoms with Gasteiger partial charge in [0.05, 0.1) is 11.8 Å². The number of amides is 1. The van der Waals surface area contributed by atoms with Crippen LogP contribution in [0.25, 0.3) is 0 Å². The zero-order valence-corrected chi connectivity index (χ0v) is 11.5.